The quantitative estimate of drug-likeness (QED) is 0.453. The van der Waals surface area contributed by atoms with Crippen molar-refractivity contribution in [2.24, 2.45) is 0 Å². The van der Waals surface area contributed by atoms with Crippen LogP contribution >= 0.6 is 22.7 Å². The van der Waals surface area contributed by atoms with Crippen molar-refractivity contribution < 1.29 is 18.7 Å². The Bertz CT molecular complexity index is 1100. The molecule has 0 aliphatic rings. The molecule has 2 N–H and O–H groups in total. The van der Waals surface area contributed by atoms with Crippen LogP contribution in [0.5, 0.6) is 5.75 Å². The van der Waals surface area contributed by atoms with Crippen molar-refractivity contribution in [1.82, 2.24) is 15.8 Å². The van der Waals surface area contributed by atoms with E-state index in [1.807, 2.05) is 47.2 Å². The Morgan fingerprint density at radius 3 is 2.62 bits per heavy atom. The molecule has 4 aromatic rings. The number of thiophene rings is 1. The molecule has 0 atom stereocenters. The Morgan fingerprint density at radius 2 is 1.83 bits per heavy atom. The van der Waals surface area contributed by atoms with E-state index in [-0.39, 0.29) is 18.1 Å². The molecular weight excluding hydrogens is 410 g/mol. The van der Waals surface area contributed by atoms with Gasteiger partial charge in [-0.25, -0.2) is 4.98 Å². The molecule has 29 heavy (non-hydrogen) atoms. The molecule has 2 amide bonds. The third-order valence-corrected chi connectivity index (χ3v) is 5.38. The first-order chi connectivity index (χ1) is 14.2. The highest BCUT2D eigenvalue weighted by Crippen LogP contribution is 2.25. The average molecular weight is 425 g/mol. The highest BCUT2D eigenvalue weighted by atomic mass is 32.1. The van der Waals surface area contributed by atoms with Gasteiger partial charge in [-0.2, -0.15) is 11.3 Å². The van der Waals surface area contributed by atoms with E-state index in [1.165, 1.54) is 17.4 Å². The fraction of sp³-hybridized carbons (Fsp3) is 0.0500. The van der Waals surface area contributed by atoms with E-state index in [0.29, 0.717) is 11.5 Å². The smallest absolute Gasteiger partial charge is 0.305 e. The van der Waals surface area contributed by atoms with Gasteiger partial charge in [0.2, 0.25) is 0 Å². The molecule has 0 aliphatic heterocycles. The fourth-order valence-electron chi connectivity index (χ4n) is 2.38. The lowest BCUT2D eigenvalue weighted by molar-refractivity contribution is 0.0826. The Morgan fingerprint density at radius 1 is 1.00 bits per heavy atom. The predicted molar refractivity (Wildman–Crippen MR) is 110 cm³/mol. The van der Waals surface area contributed by atoms with Crippen LogP contribution in [0.1, 0.15) is 26.8 Å². The van der Waals surface area contributed by atoms with E-state index in [9.17, 15) is 9.59 Å². The standard InChI is InChI=1S/C20H15N3O4S2/c24-18(16-12-29-20(21-16)13-8-9-28-11-13)22-23-19(25)17-7-6-15(27-17)10-26-14-4-2-1-3-5-14/h1-9,11-12H,10H2,(H,22,24)(H,23,25). The number of amides is 2. The number of rotatable bonds is 6. The van der Waals surface area contributed by atoms with Crippen LogP contribution < -0.4 is 15.6 Å². The number of hydrazine groups is 1. The van der Waals surface area contributed by atoms with Crippen molar-refractivity contribution >= 4 is 34.5 Å². The van der Waals surface area contributed by atoms with Crippen molar-refractivity contribution in [3.63, 3.8) is 0 Å². The molecule has 146 valence electrons. The van der Waals surface area contributed by atoms with Crippen molar-refractivity contribution in [2.75, 3.05) is 0 Å². The number of furan rings is 1. The highest BCUT2D eigenvalue weighted by Gasteiger charge is 2.15. The zero-order valence-electron chi connectivity index (χ0n) is 15.0. The summed E-state index contributed by atoms with van der Waals surface area (Å²) in [4.78, 5) is 28.7. The summed E-state index contributed by atoms with van der Waals surface area (Å²) in [6, 6.07) is 14.4. The number of aromatic nitrogens is 1. The monoisotopic (exact) mass is 425 g/mol. The van der Waals surface area contributed by atoms with Crippen LogP contribution in [-0.2, 0) is 6.61 Å². The summed E-state index contributed by atoms with van der Waals surface area (Å²) in [5.74, 6) is 0.180. The Hall–Kier alpha value is -3.43. The summed E-state index contributed by atoms with van der Waals surface area (Å²) < 4.78 is 11.0. The maximum absolute atomic E-state index is 12.2. The summed E-state index contributed by atoms with van der Waals surface area (Å²) in [7, 11) is 0. The largest absolute Gasteiger partial charge is 0.486 e. The van der Waals surface area contributed by atoms with Gasteiger partial charge >= 0.3 is 5.91 Å². The van der Waals surface area contributed by atoms with Crippen LogP contribution in [0, 0.1) is 0 Å². The number of nitrogens with one attached hydrogen (secondary N) is 2. The van der Waals surface area contributed by atoms with E-state index in [0.717, 1.165) is 10.6 Å². The highest BCUT2D eigenvalue weighted by molar-refractivity contribution is 7.14. The summed E-state index contributed by atoms with van der Waals surface area (Å²) in [6.45, 7) is 0.188. The van der Waals surface area contributed by atoms with E-state index in [4.69, 9.17) is 9.15 Å². The van der Waals surface area contributed by atoms with Crippen LogP contribution in [0.15, 0.2) is 69.1 Å². The minimum Gasteiger partial charge on any atom is -0.486 e. The second kappa shape index (κ2) is 8.72. The van der Waals surface area contributed by atoms with Crippen LogP contribution in [0.4, 0.5) is 0 Å². The number of carbonyl (C=O) groups excluding carboxylic acids is 2. The molecule has 1 aromatic carbocycles. The maximum atomic E-state index is 12.2. The SMILES string of the molecule is O=C(NNC(=O)c1ccc(COc2ccccc2)o1)c1csc(-c2ccsc2)n1. The maximum Gasteiger partial charge on any atom is 0.305 e. The van der Waals surface area contributed by atoms with Crippen LogP contribution in [0.25, 0.3) is 10.6 Å². The minimum atomic E-state index is -0.572. The van der Waals surface area contributed by atoms with Gasteiger partial charge in [-0.05, 0) is 35.7 Å². The zero-order valence-corrected chi connectivity index (χ0v) is 16.6. The van der Waals surface area contributed by atoms with E-state index < -0.39 is 11.8 Å². The average Bonchev–Trinajstić information content (AvgIpc) is 3.51. The molecule has 0 saturated carbocycles. The number of hydrogen-bond acceptors (Lipinski definition) is 7. The summed E-state index contributed by atoms with van der Waals surface area (Å²) in [5, 5.41) is 6.29. The molecular formula is C20H15N3O4S2. The predicted octanol–water partition coefficient (Wildman–Crippen LogP) is 4.12. The number of thiazole rings is 1. The number of nitrogens with zero attached hydrogens (tertiary/aromatic N) is 1. The van der Waals surface area contributed by atoms with Gasteiger partial charge in [-0.3, -0.25) is 20.4 Å². The van der Waals surface area contributed by atoms with Crippen LogP contribution in [0.3, 0.4) is 0 Å². The first-order valence-corrected chi connectivity index (χ1v) is 10.4. The second-order valence-corrected chi connectivity index (χ2v) is 7.46. The lowest BCUT2D eigenvalue weighted by Crippen LogP contribution is -2.41. The molecule has 9 heteroatoms. The van der Waals surface area contributed by atoms with E-state index in [2.05, 4.69) is 15.8 Å². The van der Waals surface area contributed by atoms with Gasteiger partial charge in [-0.15, -0.1) is 11.3 Å². The molecule has 0 unspecified atom stereocenters. The molecule has 0 fully saturated rings. The normalized spacial score (nSPS) is 10.5. The number of para-hydroxylation sites is 1. The van der Waals surface area contributed by atoms with Crippen LogP contribution in [0.2, 0.25) is 0 Å². The third-order valence-electron chi connectivity index (χ3n) is 3.80. The lowest BCUT2D eigenvalue weighted by atomic mass is 10.3. The fourth-order valence-corrected chi connectivity index (χ4v) is 3.90. The molecule has 0 saturated heterocycles. The van der Waals surface area contributed by atoms with Gasteiger partial charge in [-0.1, -0.05) is 18.2 Å². The molecule has 0 aliphatic carbocycles. The van der Waals surface area contributed by atoms with Crippen molar-refractivity contribution in [3.8, 4) is 16.3 Å². The van der Waals surface area contributed by atoms with Crippen molar-refractivity contribution in [2.45, 2.75) is 6.61 Å². The second-order valence-electron chi connectivity index (χ2n) is 5.83. The van der Waals surface area contributed by atoms with Crippen molar-refractivity contribution in [1.29, 1.82) is 0 Å². The first-order valence-electron chi connectivity index (χ1n) is 8.54. The number of hydrogen-bond donors (Lipinski definition) is 2. The van der Waals surface area contributed by atoms with Gasteiger partial charge < -0.3 is 9.15 Å². The Balaban J connectivity index is 1.29. The Labute approximate surface area is 173 Å². The molecule has 0 radical (unpaired) electrons. The molecule has 3 aromatic heterocycles. The van der Waals surface area contributed by atoms with Gasteiger partial charge in [0, 0.05) is 16.3 Å². The molecule has 4 rings (SSSR count). The molecule has 0 spiro atoms. The van der Waals surface area contributed by atoms with Gasteiger partial charge in [0.15, 0.2) is 5.76 Å². The molecule has 3 heterocycles. The van der Waals surface area contributed by atoms with E-state index >= 15 is 0 Å². The first kappa shape index (κ1) is 18.9. The number of benzene rings is 1. The topological polar surface area (TPSA) is 93.5 Å². The third kappa shape index (κ3) is 4.71. The van der Waals surface area contributed by atoms with Gasteiger partial charge in [0.05, 0.1) is 0 Å². The molecule has 0 bridgehead atoms. The van der Waals surface area contributed by atoms with Crippen molar-refractivity contribution in [3.05, 3.63) is 81.9 Å². The summed E-state index contributed by atoms with van der Waals surface area (Å²) in [5.41, 5.74) is 5.85. The number of ether oxygens (including phenoxy) is 1. The minimum absolute atomic E-state index is 0.0641. The van der Waals surface area contributed by atoms with Crippen LogP contribution in [-0.4, -0.2) is 16.8 Å². The summed E-state index contributed by atoms with van der Waals surface area (Å²) >= 11 is 2.92. The Kier molecular flexibility index (Phi) is 5.68. The number of carbonyl (C=O) groups is 2. The summed E-state index contributed by atoms with van der Waals surface area (Å²) in [6.07, 6.45) is 0. The van der Waals surface area contributed by atoms with Gasteiger partial charge in [0.1, 0.15) is 28.8 Å². The lowest BCUT2D eigenvalue weighted by Gasteiger charge is -2.04. The van der Waals surface area contributed by atoms with E-state index in [1.54, 1.807) is 22.8 Å². The molecule has 7 nitrogen and oxygen atoms in total. The van der Waals surface area contributed by atoms with Gasteiger partial charge in [0.25, 0.3) is 5.91 Å². The zero-order chi connectivity index (χ0) is 20.1.